The number of hydrogen-bond donors (Lipinski definition) is 3. The van der Waals surface area contributed by atoms with Gasteiger partial charge in [-0.1, -0.05) is 30.9 Å². The van der Waals surface area contributed by atoms with Crippen molar-refractivity contribution in [1.82, 2.24) is 15.2 Å². The van der Waals surface area contributed by atoms with E-state index in [4.69, 9.17) is 17.3 Å². The molecule has 2 rings (SSSR count). The number of amides is 2. The van der Waals surface area contributed by atoms with Crippen LogP contribution in [0.1, 0.15) is 49.5 Å². The largest absolute Gasteiger partial charge is 0.348 e. The summed E-state index contributed by atoms with van der Waals surface area (Å²) >= 11 is 5.95. The van der Waals surface area contributed by atoms with Gasteiger partial charge >= 0.3 is 0 Å². The van der Waals surface area contributed by atoms with Crippen LogP contribution >= 0.6 is 11.6 Å². The summed E-state index contributed by atoms with van der Waals surface area (Å²) in [6, 6.07) is 0.917. The minimum atomic E-state index is -0.690. The SMILES string of the molecule is CC(N)C(=O)Nn1nc(C(=O)NC2CCCCC2)cc1Cl. The first kappa shape index (κ1) is 15.8. The van der Waals surface area contributed by atoms with Crippen LogP contribution in [0.25, 0.3) is 0 Å². The Morgan fingerprint density at radius 2 is 2.10 bits per heavy atom. The second-order valence-electron chi connectivity index (χ2n) is 5.34. The average Bonchev–Trinajstić information content (AvgIpc) is 2.81. The van der Waals surface area contributed by atoms with Crippen molar-refractivity contribution < 1.29 is 9.59 Å². The van der Waals surface area contributed by atoms with Gasteiger partial charge in [-0.3, -0.25) is 9.59 Å². The number of carbonyl (C=O) groups excluding carboxylic acids is 2. The van der Waals surface area contributed by atoms with Crippen molar-refractivity contribution >= 4 is 23.4 Å². The molecule has 21 heavy (non-hydrogen) atoms. The Bertz CT molecular complexity index is 523. The highest BCUT2D eigenvalue weighted by Crippen LogP contribution is 2.18. The summed E-state index contributed by atoms with van der Waals surface area (Å²) in [7, 11) is 0. The molecule has 1 unspecified atom stereocenters. The predicted octanol–water partition coefficient (Wildman–Crippen LogP) is 1.02. The molecule has 0 aliphatic heterocycles. The van der Waals surface area contributed by atoms with E-state index in [1.54, 1.807) is 6.92 Å². The molecule has 0 radical (unpaired) electrons. The van der Waals surface area contributed by atoms with Gasteiger partial charge in [-0.15, -0.1) is 5.10 Å². The number of nitrogens with one attached hydrogen (secondary N) is 2. The molecular weight excluding hydrogens is 294 g/mol. The third-order valence-corrected chi connectivity index (χ3v) is 3.74. The van der Waals surface area contributed by atoms with E-state index in [1.807, 2.05) is 0 Å². The number of nitrogens with zero attached hydrogens (tertiary/aromatic N) is 2. The first-order valence-electron chi connectivity index (χ1n) is 7.10. The fourth-order valence-electron chi connectivity index (χ4n) is 2.26. The van der Waals surface area contributed by atoms with Crippen LogP contribution in [0.2, 0.25) is 5.15 Å². The zero-order valence-electron chi connectivity index (χ0n) is 11.9. The molecule has 0 spiro atoms. The topological polar surface area (TPSA) is 102 Å². The highest BCUT2D eigenvalue weighted by Gasteiger charge is 2.20. The lowest BCUT2D eigenvalue weighted by Crippen LogP contribution is -2.38. The van der Waals surface area contributed by atoms with E-state index in [0.29, 0.717) is 0 Å². The number of rotatable bonds is 4. The summed E-state index contributed by atoms with van der Waals surface area (Å²) in [5, 5.41) is 7.07. The molecule has 1 aliphatic rings. The van der Waals surface area contributed by atoms with Crippen molar-refractivity contribution in [3.63, 3.8) is 0 Å². The van der Waals surface area contributed by atoms with Gasteiger partial charge in [-0.05, 0) is 19.8 Å². The van der Waals surface area contributed by atoms with Crippen molar-refractivity contribution in [2.75, 3.05) is 5.43 Å². The Hall–Kier alpha value is -1.60. The molecule has 1 aromatic heterocycles. The smallest absolute Gasteiger partial charge is 0.272 e. The first-order chi connectivity index (χ1) is 9.97. The Morgan fingerprint density at radius 3 is 2.71 bits per heavy atom. The predicted molar refractivity (Wildman–Crippen MR) is 79.6 cm³/mol. The summed E-state index contributed by atoms with van der Waals surface area (Å²) in [5.41, 5.74) is 8.04. The van der Waals surface area contributed by atoms with E-state index in [2.05, 4.69) is 15.8 Å². The quantitative estimate of drug-likeness (QED) is 0.772. The third-order valence-electron chi connectivity index (χ3n) is 3.47. The fraction of sp³-hybridized carbons (Fsp3) is 0.615. The Labute approximate surface area is 128 Å². The zero-order chi connectivity index (χ0) is 15.4. The fourth-order valence-corrected chi connectivity index (χ4v) is 2.44. The van der Waals surface area contributed by atoms with E-state index in [1.165, 1.54) is 12.5 Å². The molecule has 0 saturated heterocycles. The highest BCUT2D eigenvalue weighted by atomic mass is 35.5. The second kappa shape index (κ2) is 6.91. The van der Waals surface area contributed by atoms with E-state index in [9.17, 15) is 9.59 Å². The molecule has 8 heteroatoms. The van der Waals surface area contributed by atoms with Gasteiger partial charge < -0.3 is 11.1 Å². The van der Waals surface area contributed by atoms with Crippen LogP contribution < -0.4 is 16.5 Å². The maximum atomic E-state index is 12.1. The summed E-state index contributed by atoms with van der Waals surface area (Å²) in [6.45, 7) is 1.55. The van der Waals surface area contributed by atoms with Crippen LogP contribution in [-0.4, -0.2) is 33.8 Å². The molecule has 2 amide bonds. The van der Waals surface area contributed by atoms with E-state index in [0.717, 1.165) is 30.5 Å². The van der Waals surface area contributed by atoms with Gasteiger partial charge in [-0.2, -0.15) is 4.79 Å². The molecule has 4 N–H and O–H groups in total. The van der Waals surface area contributed by atoms with Gasteiger partial charge in [0, 0.05) is 12.1 Å². The molecule has 1 aliphatic carbocycles. The number of halogens is 1. The Balaban J connectivity index is 2.00. The van der Waals surface area contributed by atoms with Crippen molar-refractivity contribution in [2.24, 2.45) is 5.73 Å². The van der Waals surface area contributed by atoms with Gasteiger partial charge in [0.25, 0.3) is 11.8 Å². The van der Waals surface area contributed by atoms with Gasteiger partial charge in [0.05, 0.1) is 6.04 Å². The van der Waals surface area contributed by atoms with Crippen LogP contribution in [0.4, 0.5) is 0 Å². The summed E-state index contributed by atoms with van der Waals surface area (Å²) in [5.74, 6) is -0.711. The normalized spacial score (nSPS) is 17.3. The van der Waals surface area contributed by atoms with Crippen LogP contribution in [0, 0.1) is 0 Å². The lowest BCUT2D eigenvalue weighted by atomic mass is 9.95. The molecule has 7 nitrogen and oxygen atoms in total. The molecule has 1 saturated carbocycles. The molecule has 116 valence electrons. The summed E-state index contributed by atoms with van der Waals surface area (Å²) in [4.78, 5) is 24.7. The van der Waals surface area contributed by atoms with Crippen molar-refractivity contribution in [3.05, 3.63) is 16.9 Å². The van der Waals surface area contributed by atoms with Crippen LogP contribution in [0.5, 0.6) is 0 Å². The lowest BCUT2D eigenvalue weighted by Gasteiger charge is -2.22. The average molecular weight is 314 g/mol. The van der Waals surface area contributed by atoms with Crippen molar-refractivity contribution in [3.8, 4) is 0 Å². The maximum Gasteiger partial charge on any atom is 0.272 e. The molecule has 1 fully saturated rings. The van der Waals surface area contributed by atoms with E-state index in [-0.39, 0.29) is 22.8 Å². The standard InChI is InChI=1S/C13H20ClN5O2/c1-8(15)12(20)18-19-11(14)7-10(17-19)13(21)16-9-5-3-2-4-6-9/h7-9H,2-6,15H2,1H3,(H,16,21)(H,18,20). The number of hydrogen-bond acceptors (Lipinski definition) is 4. The summed E-state index contributed by atoms with van der Waals surface area (Å²) < 4.78 is 0. The van der Waals surface area contributed by atoms with Gasteiger partial charge in [0.15, 0.2) is 10.8 Å². The molecule has 1 aromatic rings. The number of carbonyl (C=O) groups is 2. The third kappa shape index (κ3) is 4.18. The van der Waals surface area contributed by atoms with Crippen LogP contribution in [0.15, 0.2) is 6.07 Å². The summed E-state index contributed by atoms with van der Waals surface area (Å²) in [6.07, 6.45) is 5.45. The Kier molecular flexibility index (Phi) is 5.19. The molecule has 0 bridgehead atoms. The van der Waals surface area contributed by atoms with Gasteiger partial charge in [0.2, 0.25) is 0 Å². The van der Waals surface area contributed by atoms with Crippen molar-refractivity contribution in [2.45, 2.75) is 51.1 Å². The number of nitrogens with two attached hydrogens (primary N) is 1. The van der Waals surface area contributed by atoms with E-state index >= 15 is 0 Å². The minimum absolute atomic E-state index is 0.151. The molecular formula is C13H20ClN5O2. The van der Waals surface area contributed by atoms with Crippen molar-refractivity contribution in [1.29, 1.82) is 0 Å². The first-order valence-corrected chi connectivity index (χ1v) is 7.48. The second-order valence-corrected chi connectivity index (χ2v) is 5.72. The highest BCUT2D eigenvalue weighted by molar-refractivity contribution is 6.30. The van der Waals surface area contributed by atoms with Gasteiger partial charge in [-0.25, -0.2) is 5.43 Å². The monoisotopic (exact) mass is 313 g/mol. The molecule has 1 heterocycles. The molecule has 1 atom stereocenters. The van der Waals surface area contributed by atoms with E-state index < -0.39 is 11.9 Å². The Morgan fingerprint density at radius 1 is 1.43 bits per heavy atom. The lowest BCUT2D eigenvalue weighted by molar-refractivity contribution is -0.118. The number of aromatic nitrogens is 2. The van der Waals surface area contributed by atoms with Crippen LogP contribution in [0.3, 0.4) is 0 Å². The van der Waals surface area contributed by atoms with Gasteiger partial charge in [0.1, 0.15) is 0 Å². The maximum absolute atomic E-state index is 12.1. The minimum Gasteiger partial charge on any atom is -0.348 e. The zero-order valence-corrected chi connectivity index (χ0v) is 12.7. The molecule has 0 aromatic carbocycles. The van der Waals surface area contributed by atoms with Crippen LogP contribution in [-0.2, 0) is 4.79 Å².